The third-order valence-corrected chi connectivity index (χ3v) is 5.19. The summed E-state index contributed by atoms with van der Waals surface area (Å²) in [6.45, 7) is 10.8. The number of ketones is 1. The zero-order valence-electron chi connectivity index (χ0n) is 14.5. The maximum atomic E-state index is 11.8. The molecule has 1 saturated carbocycles. The summed E-state index contributed by atoms with van der Waals surface area (Å²) in [7, 11) is 0. The van der Waals surface area contributed by atoms with Gasteiger partial charge >= 0.3 is 0 Å². The zero-order chi connectivity index (χ0) is 15.2. The van der Waals surface area contributed by atoms with Crippen LogP contribution >= 0.6 is 0 Å². The van der Waals surface area contributed by atoms with Crippen LogP contribution < -0.4 is 0 Å². The van der Waals surface area contributed by atoms with Crippen LogP contribution in [0.5, 0.6) is 0 Å². The van der Waals surface area contributed by atoms with Gasteiger partial charge in [-0.25, -0.2) is 0 Å². The predicted molar refractivity (Wildman–Crippen MR) is 87.8 cm³/mol. The number of carbonyl (C=O) groups excluding carboxylic acids is 1. The van der Waals surface area contributed by atoms with Crippen molar-refractivity contribution in [3.05, 3.63) is 0 Å². The molecule has 0 amide bonds. The van der Waals surface area contributed by atoms with Gasteiger partial charge in [-0.05, 0) is 37.0 Å². The smallest absolute Gasteiger partial charge is 0.138 e. The Morgan fingerprint density at radius 2 is 1.60 bits per heavy atom. The number of unbranched alkanes of at least 4 members (excludes halogenated alkanes) is 2. The highest BCUT2D eigenvalue weighted by Crippen LogP contribution is 2.35. The summed E-state index contributed by atoms with van der Waals surface area (Å²) in [6.07, 6.45) is 11.6. The van der Waals surface area contributed by atoms with Gasteiger partial charge < -0.3 is 0 Å². The van der Waals surface area contributed by atoms with Gasteiger partial charge in [0, 0.05) is 11.8 Å². The SMILES string of the molecule is CC(C)C1CCC(CCCCCC(=O)C(C)(C)C)CC1. The Morgan fingerprint density at radius 1 is 1.00 bits per heavy atom. The maximum Gasteiger partial charge on any atom is 0.138 e. The zero-order valence-corrected chi connectivity index (χ0v) is 14.5. The number of hydrogen-bond acceptors (Lipinski definition) is 1. The Labute approximate surface area is 126 Å². The van der Waals surface area contributed by atoms with E-state index in [0.717, 1.165) is 30.6 Å². The van der Waals surface area contributed by atoms with Gasteiger partial charge in [0.1, 0.15) is 5.78 Å². The van der Waals surface area contributed by atoms with E-state index in [9.17, 15) is 4.79 Å². The van der Waals surface area contributed by atoms with Crippen LogP contribution in [0, 0.1) is 23.2 Å². The van der Waals surface area contributed by atoms with Crippen molar-refractivity contribution >= 4 is 5.78 Å². The van der Waals surface area contributed by atoms with E-state index in [1.165, 1.54) is 44.9 Å². The highest BCUT2D eigenvalue weighted by molar-refractivity contribution is 5.83. The maximum absolute atomic E-state index is 11.8. The van der Waals surface area contributed by atoms with Crippen LogP contribution in [0.15, 0.2) is 0 Å². The van der Waals surface area contributed by atoms with Gasteiger partial charge in [-0.3, -0.25) is 4.79 Å². The minimum atomic E-state index is -0.144. The standard InChI is InChI=1S/C19H36O/c1-15(2)17-13-11-16(12-14-17)9-7-6-8-10-18(20)19(3,4)5/h15-17H,6-14H2,1-5H3. The molecule has 20 heavy (non-hydrogen) atoms. The average Bonchev–Trinajstić information content (AvgIpc) is 2.37. The van der Waals surface area contributed by atoms with E-state index >= 15 is 0 Å². The molecule has 1 fully saturated rings. The lowest BCUT2D eigenvalue weighted by Crippen LogP contribution is -2.19. The first-order valence-corrected chi connectivity index (χ1v) is 8.84. The van der Waals surface area contributed by atoms with Crippen LogP contribution in [-0.4, -0.2) is 5.78 Å². The Bertz CT molecular complexity index is 277. The van der Waals surface area contributed by atoms with Crippen molar-refractivity contribution in [2.75, 3.05) is 0 Å². The summed E-state index contributed by atoms with van der Waals surface area (Å²) in [5.41, 5.74) is -0.144. The van der Waals surface area contributed by atoms with Crippen LogP contribution in [0.3, 0.4) is 0 Å². The largest absolute Gasteiger partial charge is 0.299 e. The number of Topliss-reactive ketones (excluding diaryl/α,β-unsaturated/α-hetero) is 1. The highest BCUT2D eigenvalue weighted by Gasteiger charge is 2.23. The molecule has 0 aromatic heterocycles. The summed E-state index contributed by atoms with van der Waals surface area (Å²) < 4.78 is 0. The quantitative estimate of drug-likeness (QED) is 0.521. The van der Waals surface area contributed by atoms with Crippen LogP contribution in [0.4, 0.5) is 0 Å². The van der Waals surface area contributed by atoms with E-state index in [2.05, 4.69) is 13.8 Å². The van der Waals surface area contributed by atoms with E-state index < -0.39 is 0 Å². The number of carbonyl (C=O) groups is 1. The van der Waals surface area contributed by atoms with E-state index in [1.54, 1.807) is 0 Å². The molecule has 0 heterocycles. The lowest BCUT2D eigenvalue weighted by molar-refractivity contribution is -0.126. The molecule has 0 spiro atoms. The van der Waals surface area contributed by atoms with Gasteiger partial charge in [-0.15, -0.1) is 0 Å². The minimum absolute atomic E-state index is 0.144. The molecule has 0 unspecified atom stereocenters. The monoisotopic (exact) mass is 280 g/mol. The van der Waals surface area contributed by atoms with Crippen LogP contribution in [0.2, 0.25) is 0 Å². The fourth-order valence-electron chi connectivity index (χ4n) is 3.41. The lowest BCUT2D eigenvalue weighted by atomic mass is 9.75. The second-order valence-electron chi connectivity index (χ2n) is 8.30. The third kappa shape index (κ3) is 6.41. The summed E-state index contributed by atoms with van der Waals surface area (Å²) in [6, 6.07) is 0. The molecular weight excluding hydrogens is 244 g/mol. The van der Waals surface area contributed by atoms with E-state index in [1.807, 2.05) is 20.8 Å². The summed E-state index contributed by atoms with van der Waals surface area (Å²) in [5, 5.41) is 0. The fourth-order valence-corrected chi connectivity index (χ4v) is 3.41. The van der Waals surface area contributed by atoms with Crippen molar-refractivity contribution in [1.82, 2.24) is 0 Å². The molecule has 0 radical (unpaired) electrons. The first-order valence-electron chi connectivity index (χ1n) is 8.84. The minimum Gasteiger partial charge on any atom is -0.299 e. The number of rotatable bonds is 7. The van der Waals surface area contributed by atoms with Gasteiger partial charge in [-0.1, -0.05) is 66.7 Å². The molecule has 1 aliphatic carbocycles. The molecule has 0 atom stereocenters. The van der Waals surface area contributed by atoms with E-state index in [-0.39, 0.29) is 5.41 Å². The average molecular weight is 280 g/mol. The van der Waals surface area contributed by atoms with Crippen molar-refractivity contribution in [2.45, 2.75) is 92.4 Å². The molecule has 118 valence electrons. The second kappa shape index (κ2) is 8.20. The molecule has 1 rings (SSSR count). The van der Waals surface area contributed by atoms with Crippen LogP contribution in [-0.2, 0) is 4.79 Å². The van der Waals surface area contributed by atoms with Gasteiger partial charge in [0.15, 0.2) is 0 Å². The lowest BCUT2D eigenvalue weighted by Gasteiger charge is -2.30. The van der Waals surface area contributed by atoms with Crippen molar-refractivity contribution in [3.8, 4) is 0 Å². The molecule has 0 aromatic carbocycles. The van der Waals surface area contributed by atoms with Gasteiger partial charge in [0.2, 0.25) is 0 Å². The first-order chi connectivity index (χ1) is 9.30. The summed E-state index contributed by atoms with van der Waals surface area (Å²) in [4.78, 5) is 11.8. The highest BCUT2D eigenvalue weighted by atomic mass is 16.1. The Kier molecular flexibility index (Phi) is 7.26. The van der Waals surface area contributed by atoms with Crippen molar-refractivity contribution in [3.63, 3.8) is 0 Å². The topological polar surface area (TPSA) is 17.1 Å². The molecule has 0 bridgehead atoms. The fraction of sp³-hybridized carbons (Fsp3) is 0.947. The second-order valence-corrected chi connectivity index (χ2v) is 8.30. The van der Waals surface area contributed by atoms with Crippen molar-refractivity contribution in [1.29, 1.82) is 0 Å². The Morgan fingerprint density at radius 3 is 2.10 bits per heavy atom. The molecule has 1 nitrogen and oxygen atoms in total. The van der Waals surface area contributed by atoms with Crippen molar-refractivity contribution in [2.24, 2.45) is 23.2 Å². The number of hydrogen-bond donors (Lipinski definition) is 0. The Hall–Kier alpha value is -0.330. The van der Waals surface area contributed by atoms with Crippen LogP contribution in [0.1, 0.15) is 92.4 Å². The molecule has 0 saturated heterocycles. The third-order valence-electron chi connectivity index (χ3n) is 5.19. The normalized spacial score (nSPS) is 24.1. The predicted octanol–water partition coefficient (Wildman–Crippen LogP) is 6.01. The van der Waals surface area contributed by atoms with E-state index in [0.29, 0.717) is 5.78 Å². The Balaban J connectivity index is 2.04. The van der Waals surface area contributed by atoms with Crippen LogP contribution in [0.25, 0.3) is 0 Å². The molecule has 0 aliphatic heterocycles. The molecule has 1 aliphatic rings. The van der Waals surface area contributed by atoms with E-state index in [4.69, 9.17) is 0 Å². The molecule has 0 N–H and O–H groups in total. The van der Waals surface area contributed by atoms with Gasteiger partial charge in [0.05, 0.1) is 0 Å². The van der Waals surface area contributed by atoms with Gasteiger partial charge in [0.25, 0.3) is 0 Å². The first kappa shape index (κ1) is 17.7. The van der Waals surface area contributed by atoms with Gasteiger partial charge in [-0.2, -0.15) is 0 Å². The summed E-state index contributed by atoms with van der Waals surface area (Å²) in [5.74, 6) is 3.26. The van der Waals surface area contributed by atoms with Crippen molar-refractivity contribution < 1.29 is 4.79 Å². The summed E-state index contributed by atoms with van der Waals surface area (Å²) >= 11 is 0. The molecule has 0 aromatic rings. The molecular formula is C19H36O. The molecule has 1 heteroatoms.